The van der Waals surface area contributed by atoms with Crippen molar-refractivity contribution < 1.29 is 18.8 Å². The van der Waals surface area contributed by atoms with E-state index in [-0.39, 0.29) is 12.5 Å². The van der Waals surface area contributed by atoms with Gasteiger partial charge in [-0.1, -0.05) is 6.07 Å². The number of hydrogen-bond donors (Lipinski definition) is 0. The van der Waals surface area contributed by atoms with Gasteiger partial charge in [0.05, 0.1) is 11.5 Å². The lowest BCUT2D eigenvalue weighted by molar-refractivity contribution is -0.384. The first kappa shape index (κ1) is 17.0. The molecule has 2 heterocycles. The van der Waals surface area contributed by atoms with Crippen LogP contribution in [0.3, 0.4) is 0 Å². The molecule has 0 saturated heterocycles. The number of hydrogen-bond acceptors (Lipinski definition) is 8. The fraction of sp³-hybridized carbons (Fsp3) is 0.222. The summed E-state index contributed by atoms with van der Waals surface area (Å²) in [6.07, 6.45) is 0. The molecule has 0 N–H and O–H groups in total. The Hall–Kier alpha value is -3.46. The summed E-state index contributed by atoms with van der Waals surface area (Å²) in [6, 6.07) is 11.8. The standard InChI is InChI=1S/C18H16N4O5/c1-21(9-12-2-7-15-16(8-12)26-11-25-15)10-17-19-20-18(27-17)13-3-5-14(6-4-13)22(23)24/h2-8H,9-11H2,1H3. The Morgan fingerprint density at radius 2 is 1.85 bits per heavy atom. The van der Waals surface area contributed by atoms with Gasteiger partial charge in [-0.3, -0.25) is 15.0 Å². The first-order valence-corrected chi connectivity index (χ1v) is 8.23. The van der Waals surface area contributed by atoms with Gasteiger partial charge in [0, 0.05) is 24.2 Å². The highest BCUT2D eigenvalue weighted by Crippen LogP contribution is 2.32. The zero-order chi connectivity index (χ0) is 18.8. The molecule has 4 rings (SSSR count). The predicted octanol–water partition coefficient (Wildman–Crippen LogP) is 3.01. The van der Waals surface area contributed by atoms with Crippen LogP contribution < -0.4 is 9.47 Å². The highest BCUT2D eigenvalue weighted by atomic mass is 16.7. The van der Waals surface area contributed by atoms with Gasteiger partial charge in [-0.15, -0.1) is 10.2 Å². The summed E-state index contributed by atoms with van der Waals surface area (Å²) in [5, 5.41) is 18.8. The second-order valence-electron chi connectivity index (χ2n) is 6.16. The lowest BCUT2D eigenvalue weighted by atomic mass is 10.2. The average Bonchev–Trinajstić information content (AvgIpc) is 3.30. The zero-order valence-corrected chi connectivity index (χ0v) is 14.5. The van der Waals surface area contributed by atoms with E-state index < -0.39 is 4.92 Å². The molecule has 3 aromatic rings. The first-order valence-electron chi connectivity index (χ1n) is 8.23. The van der Waals surface area contributed by atoms with Crippen LogP contribution in [0.5, 0.6) is 11.5 Å². The summed E-state index contributed by atoms with van der Waals surface area (Å²) < 4.78 is 16.4. The Morgan fingerprint density at radius 3 is 2.63 bits per heavy atom. The van der Waals surface area contributed by atoms with Gasteiger partial charge in [0.1, 0.15) is 0 Å². The van der Waals surface area contributed by atoms with Crippen molar-refractivity contribution in [2.75, 3.05) is 13.8 Å². The van der Waals surface area contributed by atoms with Crippen molar-refractivity contribution in [3.8, 4) is 23.0 Å². The van der Waals surface area contributed by atoms with Crippen LogP contribution in [-0.2, 0) is 13.1 Å². The van der Waals surface area contributed by atoms with Gasteiger partial charge >= 0.3 is 0 Å². The molecule has 1 aliphatic heterocycles. The topological polar surface area (TPSA) is 104 Å². The SMILES string of the molecule is CN(Cc1ccc2c(c1)OCO2)Cc1nnc(-c2ccc([N+](=O)[O-])cc2)o1. The second kappa shape index (κ2) is 7.04. The van der Waals surface area contributed by atoms with Gasteiger partial charge in [-0.25, -0.2) is 0 Å². The smallest absolute Gasteiger partial charge is 0.269 e. The molecule has 27 heavy (non-hydrogen) atoms. The number of non-ortho nitro benzene ring substituents is 1. The Bertz CT molecular complexity index is 970. The molecule has 9 nitrogen and oxygen atoms in total. The van der Waals surface area contributed by atoms with E-state index in [4.69, 9.17) is 13.9 Å². The summed E-state index contributed by atoms with van der Waals surface area (Å²) in [7, 11) is 1.94. The Labute approximate surface area is 154 Å². The summed E-state index contributed by atoms with van der Waals surface area (Å²) >= 11 is 0. The summed E-state index contributed by atoms with van der Waals surface area (Å²) in [5.74, 6) is 2.30. The van der Waals surface area contributed by atoms with Crippen LogP contribution in [0, 0.1) is 10.1 Å². The van der Waals surface area contributed by atoms with Gasteiger partial charge in [-0.2, -0.15) is 0 Å². The van der Waals surface area contributed by atoms with Crippen molar-refractivity contribution in [1.29, 1.82) is 0 Å². The van der Waals surface area contributed by atoms with Crippen molar-refractivity contribution >= 4 is 5.69 Å². The largest absolute Gasteiger partial charge is 0.454 e. The average molecular weight is 368 g/mol. The van der Waals surface area contributed by atoms with Crippen molar-refractivity contribution in [3.05, 3.63) is 64.0 Å². The molecule has 2 aromatic carbocycles. The van der Waals surface area contributed by atoms with E-state index in [1.165, 1.54) is 12.1 Å². The number of benzene rings is 2. The summed E-state index contributed by atoms with van der Waals surface area (Å²) in [4.78, 5) is 12.3. The van der Waals surface area contributed by atoms with Gasteiger partial charge in [0.15, 0.2) is 11.5 Å². The third kappa shape index (κ3) is 3.72. The van der Waals surface area contributed by atoms with Gasteiger partial charge in [0.2, 0.25) is 18.6 Å². The van der Waals surface area contributed by atoms with Crippen molar-refractivity contribution in [2.45, 2.75) is 13.1 Å². The zero-order valence-electron chi connectivity index (χ0n) is 14.5. The van der Waals surface area contributed by atoms with Crippen LogP contribution in [0.4, 0.5) is 5.69 Å². The fourth-order valence-electron chi connectivity index (χ4n) is 2.80. The third-order valence-corrected chi connectivity index (χ3v) is 4.09. The molecule has 0 unspecified atom stereocenters. The third-order valence-electron chi connectivity index (χ3n) is 4.09. The molecule has 138 valence electrons. The quantitative estimate of drug-likeness (QED) is 0.483. The van der Waals surface area contributed by atoms with Crippen LogP contribution in [0.25, 0.3) is 11.5 Å². The number of nitrogens with zero attached hydrogens (tertiary/aromatic N) is 4. The molecule has 9 heteroatoms. The van der Waals surface area contributed by atoms with Crippen LogP contribution in [0.1, 0.15) is 11.5 Å². The van der Waals surface area contributed by atoms with E-state index in [9.17, 15) is 10.1 Å². The molecule has 0 bridgehead atoms. The molecule has 1 aromatic heterocycles. The monoisotopic (exact) mass is 368 g/mol. The number of rotatable bonds is 6. The number of ether oxygens (including phenoxy) is 2. The molecule has 0 fully saturated rings. The minimum absolute atomic E-state index is 0.0157. The van der Waals surface area contributed by atoms with Gasteiger partial charge in [-0.05, 0) is 36.9 Å². The fourth-order valence-corrected chi connectivity index (χ4v) is 2.80. The molecule has 0 radical (unpaired) electrons. The van der Waals surface area contributed by atoms with E-state index in [0.717, 1.165) is 17.1 Å². The minimum atomic E-state index is -0.450. The minimum Gasteiger partial charge on any atom is -0.454 e. The van der Waals surface area contributed by atoms with Gasteiger partial charge < -0.3 is 13.9 Å². The molecule has 0 atom stereocenters. The number of nitro benzene ring substituents is 1. The maximum absolute atomic E-state index is 10.7. The molecule has 0 spiro atoms. The van der Waals surface area contributed by atoms with E-state index in [2.05, 4.69) is 10.2 Å². The highest BCUT2D eigenvalue weighted by Gasteiger charge is 2.15. The molecule has 1 aliphatic rings. The first-order chi connectivity index (χ1) is 13.1. The highest BCUT2D eigenvalue weighted by molar-refractivity contribution is 5.55. The van der Waals surface area contributed by atoms with E-state index in [1.807, 2.05) is 30.1 Å². The van der Waals surface area contributed by atoms with Gasteiger partial charge in [0.25, 0.3) is 5.69 Å². The van der Waals surface area contributed by atoms with Crippen LogP contribution in [0.2, 0.25) is 0 Å². The second-order valence-corrected chi connectivity index (χ2v) is 6.16. The predicted molar refractivity (Wildman–Crippen MR) is 94.1 cm³/mol. The molecular formula is C18H16N4O5. The van der Waals surface area contributed by atoms with Crippen molar-refractivity contribution in [1.82, 2.24) is 15.1 Å². The lowest BCUT2D eigenvalue weighted by Gasteiger charge is -2.14. The molecule has 0 saturated carbocycles. The van der Waals surface area contributed by atoms with E-state index in [0.29, 0.717) is 30.4 Å². The maximum Gasteiger partial charge on any atom is 0.269 e. The van der Waals surface area contributed by atoms with Crippen LogP contribution >= 0.6 is 0 Å². The van der Waals surface area contributed by atoms with E-state index in [1.54, 1.807) is 12.1 Å². The maximum atomic E-state index is 10.7. The number of aromatic nitrogens is 2. The van der Waals surface area contributed by atoms with E-state index >= 15 is 0 Å². The van der Waals surface area contributed by atoms with Crippen LogP contribution in [-0.4, -0.2) is 33.9 Å². The van der Waals surface area contributed by atoms with Crippen LogP contribution in [0.15, 0.2) is 46.9 Å². The van der Waals surface area contributed by atoms with Crippen molar-refractivity contribution in [3.63, 3.8) is 0 Å². The Balaban J connectivity index is 1.40. The Kier molecular flexibility index (Phi) is 4.43. The normalized spacial score (nSPS) is 12.5. The number of nitro groups is 1. The molecular weight excluding hydrogens is 352 g/mol. The van der Waals surface area contributed by atoms with Crippen molar-refractivity contribution in [2.24, 2.45) is 0 Å². The Morgan fingerprint density at radius 1 is 1.07 bits per heavy atom. The lowest BCUT2D eigenvalue weighted by Crippen LogP contribution is -2.17. The number of fused-ring (bicyclic) bond motifs is 1. The summed E-state index contributed by atoms with van der Waals surface area (Å²) in [5.41, 5.74) is 1.73. The summed E-state index contributed by atoms with van der Waals surface area (Å²) in [6.45, 7) is 1.39. The molecule has 0 amide bonds. The molecule has 0 aliphatic carbocycles.